The van der Waals surface area contributed by atoms with Crippen LogP contribution in [-0.4, -0.2) is 0 Å². The first kappa shape index (κ1) is 20.3. The maximum Gasteiger partial charge on any atom is -0.0129 e. The lowest BCUT2D eigenvalue weighted by Gasteiger charge is -2.39. The summed E-state index contributed by atoms with van der Waals surface area (Å²) in [6.07, 6.45) is 17.8. The van der Waals surface area contributed by atoms with E-state index >= 15 is 0 Å². The monoisotopic (exact) mass is 316 g/mol. The van der Waals surface area contributed by atoms with Crippen LogP contribution in [0.15, 0.2) is 29.5 Å². The van der Waals surface area contributed by atoms with Crippen LogP contribution in [0.4, 0.5) is 0 Å². The third-order valence-electron chi connectivity index (χ3n) is 5.86. The van der Waals surface area contributed by atoms with Gasteiger partial charge in [0.1, 0.15) is 0 Å². The quantitative estimate of drug-likeness (QED) is 0.244. The average Bonchev–Trinajstić information content (AvgIpc) is 2.47. The molecule has 0 aliphatic heterocycles. The van der Waals surface area contributed by atoms with Crippen molar-refractivity contribution >= 4 is 0 Å². The molecular weight excluding hydrogens is 276 g/mol. The van der Waals surface area contributed by atoms with Crippen molar-refractivity contribution in [2.24, 2.45) is 23.2 Å². The van der Waals surface area contributed by atoms with E-state index in [1.807, 2.05) is 0 Å². The van der Waals surface area contributed by atoms with Crippen molar-refractivity contribution in [2.75, 3.05) is 0 Å². The van der Waals surface area contributed by atoms with Crippen molar-refractivity contribution in [1.82, 2.24) is 0 Å². The fraction of sp³-hybridized carbons (Fsp3) is 0.783. The molecule has 0 N–H and O–H groups in total. The zero-order chi connectivity index (χ0) is 17.3. The summed E-state index contributed by atoms with van der Waals surface area (Å²) in [5.41, 5.74) is 5.33. The van der Waals surface area contributed by atoms with Gasteiger partial charge in [0, 0.05) is 0 Å². The molecule has 0 saturated carbocycles. The van der Waals surface area contributed by atoms with Gasteiger partial charge in [-0.2, -0.15) is 0 Å². The van der Waals surface area contributed by atoms with Crippen LogP contribution in [0.3, 0.4) is 0 Å². The van der Waals surface area contributed by atoms with Crippen LogP contribution in [0.25, 0.3) is 0 Å². The van der Waals surface area contributed by atoms with E-state index < -0.39 is 0 Å². The topological polar surface area (TPSA) is 0 Å². The number of unbranched alkanes of at least 4 members (excludes halogenated alkanes) is 2. The lowest BCUT2D eigenvalue weighted by Crippen LogP contribution is -2.32. The van der Waals surface area contributed by atoms with Crippen molar-refractivity contribution in [1.29, 1.82) is 0 Å². The number of allylic oxidation sites excluding steroid dienone is 3. The summed E-state index contributed by atoms with van der Waals surface area (Å²) < 4.78 is 0. The molecule has 0 radical (unpaired) electrons. The Kier molecular flexibility index (Phi) is 9.00. The second kappa shape index (κ2) is 10.2. The van der Waals surface area contributed by atoms with Crippen LogP contribution in [-0.2, 0) is 0 Å². The maximum absolute atomic E-state index is 3.59. The van der Waals surface area contributed by atoms with Gasteiger partial charge in [0.2, 0.25) is 0 Å². The molecule has 1 aliphatic rings. The van der Waals surface area contributed by atoms with Gasteiger partial charge < -0.3 is 0 Å². The predicted octanol–water partition coefficient (Wildman–Crippen LogP) is 7.71. The van der Waals surface area contributed by atoms with Crippen molar-refractivity contribution in [3.05, 3.63) is 29.5 Å². The van der Waals surface area contributed by atoms with Crippen LogP contribution in [0.5, 0.6) is 0 Å². The van der Waals surface area contributed by atoms with E-state index in [0.29, 0.717) is 5.92 Å². The molecule has 0 bridgehead atoms. The van der Waals surface area contributed by atoms with E-state index in [4.69, 9.17) is 0 Å². The first-order valence-electron chi connectivity index (χ1n) is 9.98. The van der Waals surface area contributed by atoms with Crippen molar-refractivity contribution in [3.63, 3.8) is 0 Å². The SMILES string of the molecule is CC=CC(C)(C)C(CCCCC)C(C)C1C=C=C(C)CCCC1. The van der Waals surface area contributed by atoms with Gasteiger partial charge in [-0.05, 0) is 74.3 Å². The van der Waals surface area contributed by atoms with Crippen molar-refractivity contribution in [3.8, 4) is 0 Å². The van der Waals surface area contributed by atoms with Crippen LogP contribution < -0.4 is 0 Å². The minimum Gasteiger partial charge on any atom is -0.126 e. The molecular formula is C23H40. The Morgan fingerprint density at radius 2 is 2.04 bits per heavy atom. The van der Waals surface area contributed by atoms with Crippen molar-refractivity contribution in [2.45, 2.75) is 92.9 Å². The standard InChI is InChI=1S/C23H40/c1-7-9-10-15-22(23(5,6)18-8-2)20(4)21-14-12-11-13-19(3)16-17-21/h8,17-18,20-22H,7,9-15H2,1-6H3. The first-order valence-corrected chi connectivity index (χ1v) is 9.98. The highest BCUT2D eigenvalue weighted by atomic mass is 14.4. The number of hydrogen-bond donors (Lipinski definition) is 0. The highest BCUT2D eigenvalue weighted by molar-refractivity contribution is 5.05. The van der Waals surface area contributed by atoms with E-state index in [1.54, 1.807) is 0 Å². The summed E-state index contributed by atoms with van der Waals surface area (Å²) in [7, 11) is 0. The fourth-order valence-corrected chi connectivity index (χ4v) is 4.37. The number of rotatable bonds is 8. The summed E-state index contributed by atoms with van der Waals surface area (Å²) in [6, 6.07) is 0. The van der Waals surface area contributed by atoms with E-state index in [9.17, 15) is 0 Å². The van der Waals surface area contributed by atoms with Gasteiger partial charge in [-0.25, -0.2) is 0 Å². The van der Waals surface area contributed by atoms with Gasteiger partial charge in [0.25, 0.3) is 0 Å². The molecule has 1 rings (SSSR count). The summed E-state index contributed by atoms with van der Waals surface area (Å²) in [5, 5.41) is 0. The molecule has 0 aromatic heterocycles. The number of hydrogen-bond acceptors (Lipinski definition) is 0. The largest absolute Gasteiger partial charge is 0.126 e. The van der Waals surface area contributed by atoms with Gasteiger partial charge in [-0.15, -0.1) is 5.73 Å². The molecule has 0 spiro atoms. The Morgan fingerprint density at radius 3 is 2.70 bits per heavy atom. The van der Waals surface area contributed by atoms with Gasteiger partial charge in [-0.1, -0.05) is 65.5 Å². The zero-order valence-electron chi connectivity index (χ0n) is 16.6. The highest BCUT2D eigenvalue weighted by Crippen LogP contribution is 2.42. The second-order valence-corrected chi connectivity index (χ2v) is 8.28. The van der Waals surface area contributed by atoms with Crippen LogP contribution >= 0.6 is 0 Å². The molecule has 0 amide bonds. The van der Waals surface area contributed by atoms with Crippen molar-refractivity contribution < 1.29 is 0 Å². The molecule has 3 atom stereocenters. The summed E-state index contributed by atoms with van der Waals surface area (Å²) >= 11 is 0. The summed E-state index contributed by atoms with van der Waals surface area (Å²) in [5.74, 6) is 2.19. The Bertz CT molecular complexity index is 417. The minimum absolute atomic E-state index is 0.289. The molecule has 0 aromatic carbocycles. The minimum atomic E-state index is 0.289. The molecule has 132 valence electrons. The molecule has 0 saturated heterocycles. The predicted molar refractivity (Wildman–Crippen MR) is 105 cm³/mol. The van der Waals surface area contributed by atoms with Gasteiger partial charge >= 0.3 is 0 Å². The Balaban J connectivity index is 2.96. The summed E-state index contributed by atoms with van der Waals surface area (Å²) in [6.45, 7) is 14.1. The second-order valence-electron chi connectivity index (χ2n) is 8.28. The van der Waals surface area contributed by atoms with Gasteiger partial charge in [0.05, 0.1) is 0 Å². The first-order chi connectivity index (χ1) is 10.9. The third kappa shape index (κ3) is 6.72. The van der Waals surface area contributed by atoms with Crippen LogP contribution in [0.1, 0.15) is 92.9 Å². The molecule has 0 fully saturated rings. The van der Waals surface area contributed by atoms with E-state index in [-0.39, 0.29) is 5.41 Å². The fourth-order valence-electron chi connectivity index (χ4n) is 4.37. The van der Waals surface area contributed by atoms with E-state index in [1.165, 1.54) is 56.9 Å². The lowest BCUT2D eigenvalue weighted by molar-refractivity contribution is 0.143. The molecule has 0 heterocycles. The molecule has 0 aromatic rings. The maximum atomic E-state index is 3.59. The molecule has 0 heteroatoms. The third-order valence-corrected chi connectivity index (χ3v) is 5.86. The molecule has 0 nitrogen and oxygen atoms in total. The summed E-state index contributed by atoms with van der Waals surface area (Å²) in [4.78, 5) is 0. The zero-order valence-corrected chi connectivity index (χ0v) is 16.6. The molecule has 1 aliphatic carbocycles. The Labute approximate surface area is 146 Å². The smallest absolute Gasteiger partial charge is 0.0129 e. The normalized spacial score (nSPS) is 22.5. The van der Waals surface area contributed by atoms with E-state index in [2.05, 4.69) is 65.5 Å². The molecule has 23 heavy (non-hydrogen) atoms. The van der Waals surface area contributed by atoms with Gasteiger partial charge in [0.15, 0.2) is 0 Å². The highest BCUT2D eigenvalue weighted by Gasteiger charge is 2.34. The molecule has 3 unspecified atom stereocenters. The van der Waals surface area contributed by atoms with Crippen LogP contribution in [0.2, 0.25) is 0 Å². The van der Waals surface area contributed by atoms with E-state index in [0.717, 1.165) is 11.8 Å². The Morgan fingerprint density at radius 1 is 1.30 bits per heavy atom. The lowest BCUT2D eigenvalue weighted by atomic mass is 9.65. The Hall–Kier alpha value is -0.740. The van der Waals surface area contributed by atoms with Crippen LogP contribution in [0, 0.1) is 23.2 Å². The van der Waals surface area contributed by atoms with Gasteiger partial charge in [-0.3, -0.25) is 0 Å². The average molecular weight is 317 g/mol.